The predicted molar refractivity (Wildman–Crippen MR) is 82.8 cm³/mol. The van der Waals surface area contributed by atoms with Gasteiger partial charge in [0.25, 0.3) is 0 Å². The van der Waals surface area contributed by atoms with E-state index in [1.807, 2.05) is 13.8 Å². The standard InChI is InChI=1S/C16H26.C2H6.W/c1-15(2,3)13-10-14(16(4,5)6)12-9-7-8-11(12)13;1-2;/h7-10H2,1-6H3;1-2H3;. The smallest absolute Gasteiger partial charge is 0 e. The van der Waals surface area contributed by atoms with Crippen molar-refractivity contribution in [1.29, 1.82) is 0 Å². The third kappa shape index (κ3) is 4.07. The second kappa shape index (κ2) is 6.75. The first-order valence-electron chi connectivity index (χ1n) is 7.66. The minimum absolute atomic E-state index is 0. The Bertz CT molecular complexity index is 333. The summed E-state index contributed by atoms with van der Waals surface area (Å²) in [5, 5.41) is 0. The molecule has 110 valence electrons. The molecule has 0 aromatic rings. The van der Waals surface area contributed by atoms with Crippen molar-refractivity contribution in [2.24, 2.45) is 10.8 Å². The number of hydrogen-bond acceptors (Lipinski definition) is 0. The molecular formula is C18H32W. The van der Waals surface area contributed by atoms with Gasteiger partial charge in [-0.15, -0.1) is 0 Å². The Balaban J connectivity index is 0.00000103. The normalized spacial score (nSPS) is 18.9. The zero-order valence-electron chi connectivity index (χ0n) is 14.2. The molecule has 0 aromatic heterocycles. The first-order chi connectivity index (χ1) is 8.21. The second-order valence-corrected chi connectivity index (χ2v) is 7.44. The van der Waals surface area contributed by atoms with Crippen molar-refractivity contribution in [2.45, 2.75) is 81.1 Å². The van der Waals surface area contributed by atoms with Crippen LogP contribution in [0.3, 0.4) is 0 Å². The molecule has 0 nitrogen and oxygen atoms in total. The Morgan fingerprint density at radius 2 is 1.00 bits per heavy atom. The summed E-state index contributed by atoms with van der Waals surface area (Å²) in [4.78, 5) is 0. The van der Waals surface area contributed by atoms with Crippen LogP contribution in [-0.2, 0) is 21.1 Å². The number of hydrogen-bond donors (Lipinski definition) is 0. The monoisotopic (exact) mass is 432 g/mol. The molecule has 0 N–H and O–H groups in total. The van der Waals surface area contributed by atoms with E-state index in [4.69, 9.17) is 0 Å². The molecular weight excluding hydrogens is 400 g/mol. The molecule has 0 unspecified atom stereocenters. The summed E-state index contributed by atoms with van der Waals surface area (Å²) in [6.07, 6.45) is 5.30. The van der Waals surface area contributed by atoms with Crippen molar-refractivity contribution < 1.29 is 21.1 Å². The van der Waals surface area contributed by atoms with E-state index < -0.39 is 0 Å². The summed E-state index contributed by atoms with van der Waals surface area (Å²) >= 11 is 0. The zero-order chi connectivity index (χ0) is 14.1. The molecule has 0 spiro atoms. The van der Waals surface area contributed by atoms with Crippen LogP contribution in [0.4, 0.5) is 0 Å². The molecule has 0 amide bonds. The molecule has 1 fully saturated rings. The quantitative estimate of drug-likeness (QED) is 0.423. The third-order valence-electron chi connectivity index (χ3n) is 4.11. The molecule has 2 rings (SSSR count). The van der Waals surface area contributed by atoms with Crippen LogP contribution in [0.2, 0.25) is 0 Å². The van der Waals surface area contributed by atoms with E-state index in [1.165, 1.54) is 25.7 Å². The van der Waals surface area contributed by atoms with Crippen LogP contribution in [0, 0.1) is 10.8 Å². The number of allylic oxidation sites excluding steroid dienone is 4. The zero-order valence-corrected chi connectivity index (χ0v) is 17.2. The summed E-state index contributed by atoms with van der Waals surface area (Å²) in [7, 11) is 0. The Hall–Kier alpha value is 0.168. The number of fused-ring (bicyclic) bond motifs is 1. The first kappa shape index (κ1) is 19.2. The summed E-state index contributed by atoms with van der Waals surface area (Å²) in [5.41, 5.74) is 7.64. The Labute approximate surface area is 135 Å². The fourth-order valence-corrected chi connectivity index (χ4v) is 3.24. The minimum atomic E-state index is 0. The van der Waals surface area contributed by atoms with E-state index in [0.29, 0.717) is 10.8 Å². The van der Waals surface area contributed by atoms with Crippen molar-refractivity contribution in [1.82, 2.24) is 0 Å². The molecule has 0 aliphatic heterocycles. The Morgan fingerprint density at radius 3 is 1.26 bits per heavy atom. The maximum Gasteiger partial charge on any atom is 0 e. The van der Waals surface area contributed by atoms with Crippen LogP contribution in [0.25, 0.3) is 0 Å². The van der Waals surface area contributed by atoms with Gasteiger partial charge >= 0.3 is 0 Å². The number of rotatable bonds is 0. The van der Waals surface area contributed by atoms with Crippen LogP contribution >= 0.6 is 0 Å². The summed E-state index contributed by atoms with van der Waals surface area (Å²) in [6, 6.07) is 0. The maximum absolute atomic E-state index is 2.37. The topological polar surface area (TPSA) is 0 Å². The van der Waals surface area contributed by atoms with Gasteiger partial charge in [-0.2, -0.15) is 0 Å². The van der Waals surface area contributed by atoms with Gasteiger partial charge in [-0.05, 0) is 47.7 Å². The predicted octanol–water partition coefficient (Wildman–Crippen LogP) is 6.28. The van der Waals surface area contributed by atoms with Crippen LogP contribution in [-0.4, -0.2) is 0 Å². The van der Waals surface area contributed by atoms with Crippen molar-refractivity contribution in [3.05, 3.63) is 22.3 Å². The molecule has 0 bridgehead atoms. The van der Waals surface area contributed by atoms with Gasteiger partial charge in [-0.25, -0.2) is 0 Å². The summed E-state index contributed by atoms with van der Waals surface area (Å²) < 4.78 is 0. The SMILES string of the molecule is CC.CC(C)(C)C1=C2CCCC2=C(C(C)(C)C)C1.[W]. The Morgan fingerprint density at radius 1 is 0.684 bits per heavy atom. The molecule has 2 aliphatic rings. The van der Waals surface area contributed by atoms with Gasteiger partial charge in [0.15, 0.2) is 0 Å². The molecule has 0 aromatic carbocycles. The fraction of sp³-hybridized carbons (Fsp3) is 0.778. The van der Waals surface area contributed by atoms with Crippen LogP contribution in [0.15, 0.2) is 22.3 Å². The first-order valence-corrected chi connectivity index (χ1v) is 7.66. The van der Waals surface area contributed by atoms with E-state index in [2.05, 4.69) is 41.5 Å². The average Bonchev–Trinajstić information content (AvgIpc) is 2.75. The molecule has 2 aliphatic carbocycles. The second-order valence-electron chi connectivity index (χ2n) is 7.44. The van der Waals surface area contributed by atoms with Crippen LogP contribution in [0.1, 0.15) is 81.1 Å². The molecule has 0 heterocycles. The molecule has 19 heavy (non-hydrogen) atoms. The van der Waals surface area contributed by atoms with Gasteiger partial charge in [-0.3, -0.25) is 0 Å². The molecule has 1 saturated carbocycles. The van der Waals surface area contributed by atoms with Crippen molar-refractivity contribution >= 4 is 0 Å². The molecule has 0 atom stereocenters. The van der Waals surface area contributed by atoms with Crippen molar-refractivity contribution in [3.8, 4) is 0 Å². The third-order valence-corrected chi connectivity index (χ3v) is 4.11. The molecule has 1 heteroatoms. The van der Waals surface area contributed by atoms with E-state index in [9.17, 15) is 0 Å². The van der Waals surface area contributed by atoms with E-state index in [-0.39, 0.29) is 21.1 Å². The average molecular weight is 432 g/mol. The maximum atomic E-state index is 2.37. The van der Waals surface area contributed by atoms with E-state index >= 15 is 0 Å². The molecule has 0 radical (unpaired) electrons. The fourth-order valence-electron chi connectivity index (χ4n) is 3.24. The van der Waals surface area contributed by atoms with Crippen molar-refractivity contribution in [2.75, 3.05) is 0 Å². The van der Waals surface area contributed by atoms with Gasteiger partial charge < -0.3 is 0 Å². The van der Waals surface area contributed by atoms with Gasteiger partial charge in [0.2, 0.25) is 0 Å². The van der Waals surface area contributed by atoms with E-state index in [1.54, 1.807) is 22.3 Å². The molecule has 0 saturated heterocycles. The van der Waals surface area contributed by atoms with Crippen molar-refractivity contribution in [3.63, 3.8) is 0 Å². The van der Waals surface area contributed by atoms with Gasteiger partial charge in [0.1, 0.15) is 0 Å². The van der Waals surface area contributed by atoms with Gasteiger partial charge in [0.05, 0.1) is 0 Å². The largest absolute Gasteiger partial charge is 0.0683 e. The summed E-state index contributed by atoms with van der Waals surface area (Å²) in [6.45, 7) is 18.2. The summed E-state index contributed by atoms with van der Waals surface area (Å²) in [5.74, 6) is 0. The van der Waals surface area contributed by atoms with Crippen LogP contribution < -0.4 is 0 Å². The van der Waals surface area contributed by atoms with Gasteiger partial charge in [-0.1, -0.05) is 66.5 Å². The van der Waals surface area contributed by atoms with Gasteiger partial charge in [0, 0.05) is 21.1 Å². The van der Waals surface area contributed by atoms with E-state index in [0.717, 1.165) is 0 Å². The van der Waals surface area contributed by atoms with Crippen LogP contribution in [0.5, 0.6) is 0 Å². The minimum Gasteiger partial charge on any atom is -0.0683 e. The Kier molecular flexibility index (Phi) is 6.81.